The van der Waals surface area contributed by atoms with E-state index in [2.05, 4.69) is 72.3 Å². The highest BCUT2D eigenvalue weighted by Gasteiger charge is 2.14. The van der Waals surface area contributed by atoms with E-state index in [1.807, 2.05) is 0 Å². The fourth-order valence-corrected chi connectivity index (χ4v) is 2.41. The van der Waals surface area contributed by atoms with Gasteiger partial charge in [0.05, 0.1) is 0 Å². The fraction of sp³-hybridized carbons (Fsp3) is 0.412. The number of aryl methyl sites for hydroxylation is 1. The Hall–Kier alpha value is -2.10. The first-order valence-electron chi connectivity index (χ1n) is 7.61. The number of hydrogen-bond acceptors (Lipinski definition) is 4. The lowest BCUT2D eigenvalue weighted by molar-refractivity contribution is 0.988. The summed E-state index contributed by atoms with van der Waals surface area (Å²) in [6, 6.07) is 8.63. The number of anilines is 3. The van der Waals surface area contributed by atoms with Crippen molar-refractivity contribution in [3.63, 3.8) is 0 Å². The molecular formula is C17H24N4. The molecule has 1 N–H and O–H groups in total. The van der Waals surface area contributed by atoms with Crippen LogP contribution in [0.5, 0.6) is 0 Å². The van der Waals surface area contributed by atoms with Crippen LogP contribution in [0.2, 0.25) is 0 Å². The molecule has 4 nitrogen and oxygen atoms in total. The Morgan fingerprint density at radius 1 is 1.00 bits per heavy atom. The van der Waals surface area contributed by atoms with E-state index < -0.39 is 0 Å². The molecule has 0 radical (unpaired) electrons. The van der Waals surface area contributed by atoms with Gasteiger partial charge in [0.15, 0.2) is 0 Å². The van der Waals surface area contributed by atoms with E-state index in [9.17, 15) is 0 Å². The highest BCUT2D eigenvalue weighted by Crippen LogP contribution is 2.28. The molecule has 2 rings (SSSR count). The van der Waals surface area contributed by atoms with Gasteiger partial charge in [0.25, 0.3) is 0 Å². The summed E-state index contributed by atoms with van der Waals surface area (Å²) in [4.78, 5) is 11.0. The lowest BCUT2D eigenvalue weighted by Crippen LogP contribution is -2.16. The SMILES string of the molecule is CCNc1ncnc(N(C)c2ccc(CC)cc2)c1CC. The van der Waals surface area contributed by atoms with Crippen LogP contribution in [0.25, 0.3) is 0 Å². The Morgan fingerprint density at radius 3 is 2.29 bits per heavy atom. The van der Waals surface area contributed by atoms with E-state index in [4.69, 9.17) is 0 Å². The van der Waals surface area contributed by atoms with E-state index in [0.29, 0.717) is 0 Å². The standard InChI is InChI=1S/C17H24N4/c1-5-13-8-10-14(11-9-13)21(4)17-15(6-2)16(18-7-3)19-12-20-17/h8-12H,5-7H2,1-4H3,(H,18,19,20). The molecule has 0 atom stereocenters. The van der Waals surface area contributed by atoms with Crippen molar-refractivity contribution in [2.75, 3.05) is 23.8 Å². The van der Waals surface area contributed by atoms with Crippen LogP contribution in [0.3, 0.4) is 0 Å². The monoisotopic (exact) mass is 284 g/mol. The van der Waals surface area contributed by atoms with Gasteiger partial charge < -0.3 is 10.2 Å². The average molecular weight is 284 g/mol. The maximum Gasteiger partial charge on any atom is 0.141 e. The summed E-state index contributed by atoms with van der Waals surface area (Å²) in [5.41, 5.74) is 3.64. The van der Waals surface area contributed by atoms with Gasteiger partial charge in [-0.15, -0.1) is 0 Å². The van der Waals surface area contributed by atoms with Gasteiger partial charge in [0.2, 0.25) is 0 Å². The van der Waals surface area contributed by atoms with Gasteiger partial charge in [-0.05, 0) is 37.5 Å². The van der Waals surface area contributed by atoms with Crippen molar-refractivity contribution in [3.8, 4) is 0 Å². The lowest BCUT2D eigenvalue weighted by Gasteiger charge is -2.22. The van der Waals surface area contributed by atoms with Crippen molar-refractivity contribution in [1.29, 1.82) is 0 Å². The zero-order valence-corrected chi connectivity index (χ0v) is 13.3. The third kappa shape index (κ3) is 3.32. The minimum absolute atomic E-state index is 0.859. The molecule has 0 bridgehead atoms. The molecule has 1 aromatic carbocycles. The van der Waals surface area contributed by atoms with E-state index in [1.54, 1.807) is 6.33 Å². The van der Waals surface area contributed by atoms with Crippen molar-refractivity contribution in [2.45, 2.75) is 33.6 Å². The molecule has 1 heterocycles. The first-order chi connectivity index (χ1) is 10.2. The van der Waals surface area contributed by atoms with E-state index in [-0.39, 0.29) is 0 Å². The Balaban J connectivity index is 2.37. The normalized spacial score (nSPS) is 10.5. The van der Waals surface area contributed by atoms with Gasteiger partial charge in [0, 0.05) is 24.8 Å². The largest absolute Gasteiger partial charge is 0.370 e. The topological polar surface area (TPSA) is 41.1 Å². The second kappa shape index (κ2) is 7.07. The molecule has 0 spiro atoms. The van der Waals surface area contributed by atoms with E-state index in [0.717, 1.165) is 42.3 Å². The molecule has 0 aliphatic heterocycles. The molecule has 2 aromatic rings. The van der Waals surface area contributed by atoms with Gasteiger partial charge in [-0.3, -0.25) is 0 Å². The second-order valence-electron chi connectivity index (χ2n) is 4.99. The molecular weight excluding hydrogens is 260 g/mol. The number of hydrogen-bond donors (Lipinski definition) is 1. The first-order valence-corrected chi connectivity index (χ1v) is 7.61. The molecule has 0 amide bonds. The zero-order chi connectivity index (χ0) is 15.2. The number of rotatable bonds is 6. The highest BCUT2D eigenvalue weighted by atomic mass is 15.2. The van der Waals surface area contributed by atoms with Crippen LogP contribution in [0.4, 0.5) is 17.3 Å². The van der Waals surface area contributed by atoms with Crippen molar-refractivity contribution in [3.05, 3.63) is 41.7 Å². The molecule has 0 aliphatic carbocycles. The smallest absolute Gasteiger partial charge is 0.141 e. The third-order valence-electron chi connectivity index (χ3n) is 3.67. The van der Waals surface area contributed by atoms with E-state index >= 15 is 0 Å². The molecule has 1 aromatic heterocycles. The van der Waals surface area contributed by atoms with Crippen molar-refractivity contribution in [1.82, 2.24) is 9.97 Å². The maximum atomic E-state index is 4.49. The van der Waals surface area contributed by atoms with Gasteiger partial charge >= 0.3 is 0 Å². The van der Waals surface area contributed by atoms with Crippen LogP contribution in [0.1, 0.15) is 31.9 Å². The molecule has 0 unspecified atom stereocenters. The summed E-state index contributed by atoms with van der Waals surface area (Å²) < 4.78 is 0. The van der Waals surface area contributed by atoms with E-state index in [1.165, 1.54) is 5.56 Å². The van der Waals surface area contributed by atoms with Crippen LogP contribution in [0, 0.1) is 0 Å². The Labute approximate surface area is 127 Å². The Morgan fingerprint density at radius 2 is 1.71 bits per heavy atom. The zero-order valence-electron chi connectivity index (χ0n) is 13.3. The first kappa shape index (κ1) is 15.3. The van der Waals surface area contributed by atoms with Crippen LogP contribution in [0.15, 0.2) is 30.6 Å². The number of aromatic nitrogens is 2. The van der Waals surface area contributed by atoms with Crippen molar-refractivity contribution < 1.29 is 0 Å². The van der Waals surface area contributed by atoms with Gasteiger partial charge in [-0.2, -0.15) is 0 Å². The van der Waals surface area contributed by atoms with Gasteiger partial charge in [-0.25, -0.2) is 9.97 Å². The molecule has 4 heteroatoms. The summed E-state index contributed by atoms with van der Waals surface area (Å²) in [6.07, 6.45) is 3.58. The summed E-state index contributed by atoms with van der Waals surface area (Å²) >= 11 is 0. The maximum absolute atomic E-state index is 4.49. The summed E-state index contributed by atoms with van der Waals surface area (Å²) in [5, 5.41) is 3.31. The third-order valence-corrected chi connectivity index (χ3v) is 3.67. The summed E-state index contributed by atoms with van der Waals surface area (Å²) in [7, 11) is 2.05. The number of nitrogens with zero attached hydrogens (tertiary/aromatic N) is 3. The van der Waals surface area contributed by atoms with Crippen LogP contribution in [-0.4, -0.2) is 23.6 Å². The number of benzene rings is 1. The minimum atomic E-state index is 0.859. The Bertz CT molecular complexity index is 578. The number of nitrogens with one attached hydrogen (secondary N) is 1. The predicted molar refractivity (Wildman–Crippen MR) is 89.5 cm³/mol. The summed E-state index contributed by atoms with van der Waals surface area (Å²) in [6.45, 7) is 7.24. The highest BCUT2D eigenvalue weighted by molar-refractivity contribution is 5.67. The Kier molecular flexibility index (Phi) is 5.14. The van der Waals surface area contributed by atoms with Gasteiger partial charge in [0.1, 0.15) is 18.0 Å². The van der Waals surface area contributed by atoms with Gasteiger partial charge in [-0.1, -0.05) is 26.0 Å². The molecule has 0 aliphatic rings. The molecule has 0 fully saturated rings. The second-order valence-corrected chi connectivity index (χ2v) is 4.99. The van der Waals surface area contributed by atoms with Crippen LogP contribution < -0.4 is 10.2 Å². The van der Waals surface area contributed by atoms with Crippen LogP contribution >= 0.6 is 0 Å². The average Bonchev–Trinajstić information content (AvgIpc) is 2.54. The van der Waals surface area contributed by atoms with Crippen LogP contribution in [-0.2, 0) is 12.8 Å². The molecule has 112 valence electrons. The molecule has 0 saturated heterocycles. The fourth-order valence-electron chi connectivity index (χ4n) is 2.41. The predicted octanol–water partition coefficient (Wildman–Crippen LogP) is 3.80. The minimum Gasteiger partial charge on any atom is -0.370 e. The molecule has 21 heavy (non-hydrogen) atoms. The quantitative estimate of drug-likeness (QED) is 0.876. The van der Waals surface area contributed by atoms with Crippen molar-refractivity contribution >= 4 is 17.3 Å². The van der Waals surface area contributed by atoms with Crippen molar-refractivity contribution in [2.24, 2.45) is 0 Å². The molecule has 0 saturated carbocycles. The lowest BCUT2D eigenvalue weighted by atomic mass is 10.1. The summed E-state index contributed by atoms with van der Waals surface area (Å²) in [5.74, 6) is 1.90.